The molecule has 0 radical (unpaired) electrons. The highest BCUT2D eigenvalue weighted by Gasteiger charge is 1.92. The highest BCUT2D eigenvalue weighted by Crippen LogP contribution is 2.21. The van der Waals surface area contributed by atoms with Crippen molar-refractivity contribution in [1.29, 1.82) is 0 Å². The molecule has 2 aromatic rings. The number of nitrogen functional groups attached to an aromatic ring is 1. The molecule has 0 bridgehead atoms. The average Bonchev–Trinajstić information content (AvgIpc) is 2.21. The number of aryl methyl sites for hydroxylation is 1. The predicted octanol–water partition coefficient (Wildman–Crippen LogP) is 5.34. The first-order chi connectivity index (χ1) is 7.97. The van der Waals surface area contributed by atoms with Crippen molar-refractivity contribution in [3.63, 3.8) is 0 Å². The maximum Gasteiger partial charge on any atom is 0.0435 e. The van der Waals surface area contributed by atoms with Gasteiger partial charge >= 0.3 is 0 Å². The van der Waals surface area contributed by atoms with Crippen LogP contribution in [-0.2, 0) is 0 Å². The smallest absolute Gasteiger partial charge is 0.0435 e. The Balaban J connectivity index is 0.000000306. The average molecular weight is 290 g/mol. The van der Waals surface area contributed by atoms with Gasteiger partial charge in [-0.1, -0.05) is 52.5 Å². The van der Waals surface area contributed by atoms with Crippen LogP contribution in [0.3, 0.4) is 0 Å². The molecule has 0 saturated heterocycles. The summed E-state index contributed by atoms with van der Waals surface area (Å²) < 4.78 is 0. The Hall–Kier alpha value is -0.890. The number of hydrogen-bond acceptors (Lipinski definition) is 1. The van der Waals surface area contributed by atoms with Crippen molar-refractivity contribution in [3.05, 3.63) is 63.1 Å². The molecule has 0 aliphatic heterocycles. The lowest BCUT2D eigenvalue weighted by atomic mass is 10.2. The summed E-state index contributed by atoms with van der Waals surface area (Å²) in [5.74, 6) is 0. The molecular weight excluding hydrogens is 277 g/mol. The fraction of sp³-hybridized carbons (Fsp3) is 0.0769. The number of rotatable bonds is 0. The van der Waals surface area contributed by atoms with E-state index in [9.17, 15) is 0 Å². The second-order valence-corrected chi connectivity index (χ2v) is 4.81. The molecule has 0 spiro atoms. The first-order valence-corrected chi connectivity index (χ1v) is 6.04. The van der Waals surface area contributed by atoms with Gasteiger partial charge in [-0.15, -0.1) is 0 Å². The molecule has 0 atom stereocenters. The van der Waals surface area contributed by atoms with Crippen molar-refractivity contribution < 1.29 is 1.43 Å². The molecule has 1 nitrogen and oxygen atoms in total. The molecule has 0 aromatic heterocycles. The predicted molar refractivity (Wildman–Crippen MR) is 78.2 cm³/mol. The third-order valence-electron chi connectivity index (χ3n) is 1.90. The van der Waals surface area contributed by atoms with E-state index in [0.717, 1.165) is 5.69 Å². The summed E-state index contributed by atoms with van der Waals surface area (Å²) in [4.78, 5) is 0. The normalized spacial score (nSPS) is 9.41. The van der Waals surface area contributed by atoms with Gasteiger partial charge in [-0.3, -0.25) is 0 Å². The minimum atomic E-state index is 0. The van der Waals surface area contributed by atoms with Crippen molar-refractivity contribution >= 4 is 40.5 Å². The van der Waals surface area contributed by atoms with Crippen LogP contribution in [0.15, 0.2) is 42.5 Å². The van der Waals surface area contributed by atoms with E-state index in [0.29, 0.717) is 15.1 Å². The topological polar surface area (TPSA) is 26.0 Å². The Morgan fingerprint density at radius 1 is 0.824 bits per heavy atom. The van der Waals surface area contributed by atoms with Gasteiger partial charge in [0.25, 0.3) is 0 Å². The molecule has 0 unspecified atom stereocenters. The molecule has 2 rings (SSSR count). The number of hydrogen-bond donors (Lipinski definition) is 1. The lowest BCUT2D eigenvalue weighted by Gasteiger charge is -1.91. The second kappa shape index (κ2) is 6.75. The lowest BCUT2D eigenvalue weighted by Crippen LogP contribution is -1.81. The van der Waals surface area contributed by atoms with Crippen LogP contribution in [0, 0.1) is 6.92 Å². The number of nitrogens with two attached hydrogens (primary N) is 1. The summed E-state index contributed by atoms with van der Waals surface area (Å²) in [5, 5.41) is 1.69. The van der Waals surface area contributed by atoms with E-state index in [1.54, 1.807) is 18.2 Å². The summed E-state index contributed by atoms with van der Waals surface area (Å²) in [5.41, 5.74) is 7.51. The van der Waals surface area contributed by atoms with Gasteiger partial charge in [0.05, 0.1) is 0 Å². The zero-order chi connectivity index (χ0) is 12.8. The SMILES string of the molecule is Cc1ccc(N)cc1.Clc1cc(Cl)cc(Cl)c1.[H-]. The van der Waals surface area contributed by atoms with Crippen LogP contribution in [0.25, 0.3) is 0 Å². The molecular formula is C13H13Cl3N-. The highest BCUT2D eigenvalue weighted by molar-refractivity contribution is 6.38. The van der Waals surface area contributed by atoms with Crippen LogP contribution >= 0.6 is 34.8 Å². The fourth-order valence-corrected chi connectivity index (χ4v) is 1.96. The Morgan fingerprint density at radius 2 is 1.18 bits per heavy atom. The van der Waals surface area contributed by atoms with E-state index >= 15 is 0 Å². The molecule has 2 N–H and O–H groups in total. The minimum absolute atomic E-state index is 0. The van der Waals surface area contributed by atoms with Crippen molar-refractivity contribution in [2.45, 2.75) is 6.92 Å². The maximum absolute atomic E-state index is 5.58. The van der Waals surface area contributed by atoms with Gasteiger partial charge in [0.1, 0.15) is 0 Å². The molecule has 0 heterocycles. The third kappa shape index (κ3) is 5.83. The van der Waals surface area contributed by atoms with Crippen molar-refractivity contribution in [2.75, 3.05) is 5.73 Å². The van der Waals surface area contributed by atoms with Crippen LogP contribution < -0.4 is 5.73 Å². The fourth-order valence-electron chi connectivity index (χ4n) is 1.09. The Labute approximate surface area is 118 Å². The Morgan fingerprint density at radius 3 is 1.47 bits per heavy atom. The molecule has 0 aliphatic carbocycles. The van der Waals surface area contributed by atoms with E-state index in [-0.39, 0.29) is 1.43 Å². The summed E-state index contributed by atoms with van der Waals surface area (Å²) in [7, 11) is 0. The third-order valence-corrected chi connectivity index (χ3v) is 2.56. The van der Waals surface area contributed by atoms with Gasteiger partial charge in [0.15, 0.2) is 0 Å². The summed E-state index contributed by atoms with van der Waals surface area (Å²) >= 11 is 16.7. The summed E-state index contributed by atoms with van der Waals surface area (Å²) in [6.45, 7) is 2.04. The number of halogens is 3. The van der Waals surface area contributed by atoms with E-state index < -0.39 is 0 Å². The minimum Gasteiger partial charge on any atom is -1.00 e. The van der Waals surface area contributed by atoms with Crippen LogP contribution in [0.4, 0.5) is 5.69 Å². The van der Waals surface area contributed by atoms with E-state index in [4.69, 9.17) is 40.5 Å². The van der Waals surface area contributed by atoms with Crippen LogP contribution in [0.5, 0.6) is 0 Å². The van der Waals surface area contributed by atoms with Gasteiger partial charge in [0.2, 0.25) is 0 Å². The lowest BCUT2D eigenvalue weighted by molar-refractivity contribution is 1.47. The molecule has 0 saturated carbocycles. The van der Waals surface area contributed by atoms with Gasteiger partial charge in [-0.25, -0.2) is 0 Å². The van der Waals surface area contributed by atoms with Gasteiger partial charge in [-0.05, 0) is 37.3 Å². The van der Waals surface area contributed by atoms with E-state index in [2.05, 4.69) is 0 Å². The number of anilines is 1. The molecule has 4 heteroatoms. The van der Waals surface area contributed by atoms with E-state index in [1.165, 1.54) is 5.56 Å². The molecule has 92 valence electrons. The molecule has 2 aromatic carbocycles. The zero-order valence-electron chi connectivity index (χ0n) is 10.3. The van der Waals surface area contributed by atoms with Crippen LogP contribution in [0.2, 0.25) is 15.1 Å². The van der Waals surface area contributed by atoms with Crippen molar-refractivity contribution in [3.8, 4) is 0 Å². The summed E-state index contributed by atoms with van der Waals surface area (Å²) in [6.07, 6.45) is 0. The first kappa shape index (κ1) is 14.2. The standard InChI is InChI=1S/C7H9N.C6H3Cl3.H/c1-6-2-4-7(8)5-3-6;7-4-1-5(8)3-6(9)2-4;/h2-5H,8H2,1H3;1-3H;/q;;-1. The summed E-state index contributed by atoms with van der Waals surface area (Å²) in [6, 6.07) is 12.7. The van der Waals surface area contributed by atoms with Crippen molar-refractivity contribution in [1.82, 2.24) is 0 Å². The first-order valence-electron chi connectivity index (χ1n) is 4.91. The molecule has 0 fully saturated rings. The quantitative estimate of drug-likeness (QED) is 0.651. The molecule has 17 heavy (non-hydrogen) atoms. The molecule has 0 amide bonds. The van der Waals surface area contributed by atoms with Crippen LogP contribution in [0.1, 0.15) is 6.99 Å². The van der Waals surface area contributed by atoms with Crippen molar-refractivity contribution in [2.24, 2.45) is 0 Å². The van der Waals surface area contributed by atoms with Gasteiger partial charge < -0.3 is 7.16 Å². The largest absolute Gasteiger partial charge is 1.00 e. The monoisotopic (exact) mass is 288 g/mol. The maximum atomic E-state index is 5.58. The van der Waals surface area contributed by atoms with Gasteiger partial charge in [-0.2, -0.15) is 0 Å². The second-order valence-electron chi connectivity index (χ2n) is 3.50. The van der Waals surface area contributed by atoms with Gasteiger partial charge in [0, 0.05) is 20.8 Å². The zero-order valence-corrected chi connectivity index (χ0v) is 11.5. The Kier molecular flexibility index (Phi) is 5.63. The Bertz CT molecular complexity index is 415. The molecule has 0 aliphatic rings. The van der Waals surface area contributed by atoms with E-state index in [1.807, 2.05) is 31.2 Å². The number of benzene rings is 2. The van der Waals surface area contributed by atoms with Crippen LogP contribution in [-0.4, -0.2) is 0 Å². The highest BCUT2D eigenvalue weighted by atomic mass is 35.5.